The van der Waals surface area contributed by atoms with Crippen LogP contribution in [0.15, 0.2) is 85.2 Å². The van der Waals surface area contributed by atoms with E-state index in [1.165, 1.54) is 0 Å². The molecule has 9 heteroatoms. The first-order valence-electron chi connectivity index (χ1n) is 11.3. The van der Waals surface area contributed by atoms with Crippen molar-refractivity contribution >= 4 is 29.0 Å². The lowest BCUT2D eigenvalue weighted by atomic mass is 10.0. The van der Waals surface area contributed by atoms with Gasteiger partial charge in [-0.2, -0.15) is 0 Å². The standard InChI is InChI=1S/C27H24N4O4S/c1-34-19-12-13-21(23(16-19)35-2)31-25(24(29-27(31)36)20-6-3-4-14-28-20)22-7-5-15-30(22)18-10-8-17(9-11-18)26(32)33/h3-16,24-25H,1-2H3,(H,29,36)(H,32,33)/t24-,25-/m0/s1. The largest absolute Gasteiger partial charge is 0.497 e. The molecule has 1 aliphatic rings. The van der Waals surface area contributed by atoms with E-state index in [4.69, 9.17) is 21.7 Å². The third-order valence-corrected chi connectivity index (χ3v) is 6.53. The number of carboxylic acids is 1. The number of aromatic nitrogens is 2. The summed E-state index contributed by atoms with van der Waals surface area (Å²) in [7, 11) is 3.22. The van der Waals surface area contributed by atoms with Crippen molar-refractivity contribution in [1.82, 2.24) is 14.9 Å². The summed E-state index contributed by atoms with van der Waals surface area (Å²) < 4.78 is 13.1. The Morgan fingerprint density at radius 1 is 1.03 bits per heavy atom. The van der Waals surface area contributed by atoms with E-state index in [9.17, 15) is 9.90 Å². The first-order valence-corrected chi connectivity index (χ1v) is 11.7. The third kappa shape index (κ3) is 4.14. The van der Waals surface area contributed by atoms with E-state index in [-0.39, 0.29) is 17.6 Å². The van der Waals surface area contributed by atoms with Crippen molar-refractivity contribution < 1.29 is 19.4 Å². The Balaban J connectivity index is 1.66. The number of nitrogens with zero attached hydrogens (tertiary/aromatic N) is 3. The lowest BCUT2D eigenvalue weighted by molar-refractivity contribution is 0.0697. The lowest BCUT2D eigenvalue weighted by Gasteiger charge is -2.30. The fraction of sp³-hybridized carbons (Fsp3) is 0.148. The number of thiocarbonyl (C=S) groups is 1. The Bertz CT molecular complexity index is 1410. The Labute approximate surface area is 213 Å². The van der Waals surface area contributed by atoms with E-state index in [1.54, 1.807) is 44.7 Å². The van der Waals surface area contributed by atoms with Gasteiger partial charge in [0.25, 0.3) is 0 Å². The minimum Gasteiger partial charge on any atom is -0.497 e. The Kier molecular flexibility index (Phi) is 6.30. The van der Waals surface area contributed by atoms with E-state index >= 15 is 0 Å². The molecule has 182 valence electrons. The molecule has 0 aliphatic carbocycles. The highest BCUT2D eigenvalue weighted by molar-refractivity contribution is 7.80. The summed E-state index contributed by atoms with van der Waals surface area (Å²) in [5, 5.41) is 13.3. The van der Waals surface area contributed by atoms with E-state index < -0.39 is 5.97 Å². The second-order valence-corrected chi connectivity index (χ2v) is 8.58. The van der Waals surface area contributed by atoms with Gasteiger partial charge in [-0.1, -0.05) is 6.07 Å². The topological polar surface area (TPSA) is 88.9 Å². The normalized spacial score (nSPS) is 17.1. The Morgan fingerprint density at radius 2 is 1.83 bits per heavy atom. The number of methoxy groups -OCH3 is 2. The number of nitrogens with one attached hydrogen (secondary N) is 1. The molecule has 0 unspecified atom stereocenters. The van der Waals surface area contributed by atoms with Gasteiger partial charge in [0.15, 0.2) is 5.11 Å². The van der Waals surface area contributed by atoms with Crippen LogP contribution in [0.4, 0.5) is 5.69 Å². The van der Waals surface area contributed by atoms with Gasteiger partial charge in [0.2, 0.25) is 0 Å². The number of hydrogen-bond acceptors (Lipinski definition) is 5. The monoisotopic (exact) mass is 500 g/mol. The van der Waals surface area contributed by atoms with Crippen LogP contribution in [0.25, 0.3) is 5.69 Å². The molecule has 36 heavy (non-hydrogen) atoms. The van der Waals surface area contributed by atoms with Gasteiger partial charge in [0.1, 0.15) is 17.5 Å². The van der Waals surface area contributed by atoms with Crippen molar-refractivity contribution in [2.24, 2.45) is 0 Å². The van der Waals surface area contributed by atoms with Crippen molar-refractivity contribution in [3.05, 3.63) is 102 Å². The van der Waals surface area contributed by atoms with Gasteiger partial charge in [-0.05, 0) is 72.9 Å². The van der Waals surface area contributed by atoms with Gasteiger partial charge >= 0.3 is 5.97 Å². The van der Waals surface area contributed by atoms with Crippen molar-refractivity contribution in [2.75, 3.05) is 19.1 Å². The highest BCUT2D eigenvalue weighted by atomic mass is 32.1. The fourth-order valence-electron chi connectivity index (χ4n) is 4.53. The molecule has 1 saturated heterocycles. The molecule has 4 aromatic rings. The first-order chi connectivity index (χ1) is 17.5. The van der Waals surface area contributed by atoms with E-state index in [0.29, 0.717) is 16.6 Å². The van der Waals surface area contributed by atoms with Crippen LogP contribution in [-0.4, -0.2) is 40.0 Å². The number of ether oxygens (including phenoxy) is 2. The zero-order chi connectivity index (χ0) is 25.2. The molecule has 5 rings (SSSR count). The average molecular weight is 501 g/mol. The number of aromatic carboxylic acids is 1. The Hall–Kier alpha value is -4.37. The zero-order valence-electron chi connectivity index (χ0n) is 19.7. The molecule has 2 aromatic carbocycles. The van der Waals surface area contributed by atoms with Gasteiger partial charge < -0.3 is 29.4 Å². The average Bonchev–Trinajstić information content (AvgIpc) is 3.53. The number of rotatable bonds is 7. The molecule has 2 N–H and O–H groups in total. The minimum atomic E-state index is -0.965. The lowest BCUT2D eigenvalue weighted by Crippen LogP contribution is -2.30. The molecule has 1 aliphatic heterocycles. The summed E-state index contributed by atoms with van der Waals surface area (Å²) in [5.41, 5.74) is 3.63. The molecule has 3 heterocycles. The highest BCUT2D eigenvalue weighted by Crippen LogP contribution is 2.45. The second kappa shape index (κ2) is 9.71. The Morgan fingerprint density at radius 3 is 2.50 bits per heavy atom. The number of hydrogen-bond donors (Lipinski definition) is 2. The maximum atomic E-state index is 11.4. The van der Waals surface area contributed by atoms with Crippen LogP contribution in [0.1, 0.15) is 33.8 Å². The smallest absolute Gasteiger partial charge is 0.335 e. The van der Waals surface area contributed by atoms with Crippen molar-refractivity contribution in [2.45, 2.75) is 12.1 Å². The van der Waals surface area contributed by atoms with Crippen LogP contribution in [-0.2, 0) is 0 Å². The van der Waals surface area contributed by atoms with Crippen molar-refractivity contribution in [3.8, 4) is 17.2 Å². The number of carboxylic acid groups (broad SMARTS) is 1. The van der Waals surface area contributed by atoms with Gasteiger partial charge in [-0.15, -0.1) is 0 Å². The SMILES string of the molecule is COc1ccc(N2C(=S)N[C@@H](c3ccccn3)[C@@H]2c2cccn2-c2ccc(C(=O)O)cc2)c(OC)c1. The predicted octanol–water partition coefficient (Wildman–Crippen LogP) is 4.76. The quantitative estimate of drug-likeness (QED) is 0.351. The van der Waals surface area contributed by atoms with Gasteiger partial charge in [-0.25, -0.2) is 4.79 Å². The maximum absolute atomic E-state index is 11.4. The van der Waals surface area contributed by atoms with Crippen LogP contribution >= 0.6 is 12.2 Å². The van der Waals surface area contributed by atoms with Gasteiger partial charge in [-0.3, -0.25) is 4.98 Å². The predicted molar refractivity (Wildman–Crippen MR) is 140 cm³/mol. The van der Waals surface area contributed by atoms with Crippen LogP contribution in [0.2, 0.25) is 0 Å². The molecule has 0 spiro atoms. The van der Waals surface area contributed by atoms with Crippen LogP contribution in [0.3, 0.4) is 0 Å². The van der Waals surface area contributed by atoms with Gasteiger partial charge in [0.05, 0.1) is 37.2 Å². The summed E-state index contributed by atoms with van der Waals surface area (Å²) in [4.78, 5) is 18.0. The summed E-state index contributed by atoms with van der Waals surface area (Å²) in [5.74, 6) is 0.329. The summed E-state index contributed by atoms with van der Waals surface area (Å²) >= 11 is 5.85. The van der Waals surface area contributed by atoms with Crippen molar-refractivity contribution in [3.63, 3.8) is 0 Å². The number of benzene rings is 2. The molecular formula is C27H24N4O4S. The van der Waals surface area contributed by atoms with Crippen LogP contribution in [0, 0.1) is 0 Å². The molecule has 0 bridgehead atoms. The van der Waals surface area contributed by atoms with E-state index in [0.717, 1.165) is 22.8 Å². The van der Waals surface area contributed by atoms with Crippen LogP contribution in [0.5, 0.6) is 11.5 Å². The minimum absolute atomic E-state index is 0.229. The molecule has 0 amide bonds. The summed E-state index contributed by atoms with van der Waals surface area (Å²) in [6, 6.07) is 21.6. The summed E-state index contributed by atoms with van der Waals surface area (Å²) in [6.07, 6.45) is 3.71. The molecule has 8 nitrogen and oxygen atoms in total. The van der Waals surface area contributed by atoms with Crippen molar-refractivity contribution in [1.29, 1.82) is 0 Å². The molecule has 0 radical (unpaired) electrons. The number of anilines is 1. The van der Waals surface area contributed by atoms with Crippen LogP contribution < -0.4 is 19.7 Å². The number of carbonyl (C=O) groups is 1. The van der Waals surface area contributed by atoms with E-state index in [1.807, 2.05) is 64.2 Å². The molecule has 2 aromatic heterocycles. The van der Waals surface area contributed by atoms with E-state index in [2.05, 4.69) is 10.3 Å². The summed E-state index contributed by atoms with van der Waals surface area (Å²) in [6.45, 7) is 0. The van der Waals surface area contributed by atoms with Gasteiger partial charge in [0, 0.05) is 29.8 Å². The number of pyridine rings is 1. The zero-order valence-corrected chi connectivity index (χ0v) is 20.5. The molecule has 2 atom stereocenters. The fourth-order valence-corrected chi connectivity index (χ4v) is 4.87. The molecule has 1 fully saturated rings. The highest BCUT2D eigenvalue weighted by Gasteiger charge is 2.43. The third-order valence-electron chi connectivity index (χ3n) is 6.22. The second-order valence-electron chi connectivity index (χ2n) is 8.19. The first kappa shape index (κ1) is 23.4. The molecule has 0 saturated carbocycles. The maximum Gasteiger partial charge on any atom is 0.335 e. The molecular weight excluding hydrogens is 476 g/mol.